The molecular formula is C18H17N3. The predicted molar refractivity (Wildman–Crippen MR) is 85.0 cm³/mol. The molecule has 0 spiro atoms. The van der Waals surface area contributed by atoms with Gasteiger partial charge in [-0.2, -0.15) is 0 Å². The van der Waals surface area contributed by atoms with Crippen LogP contribution < -0.4 is 0 Å². The summed E-state index contributed by atoms with van der Waals surface area (Å²) < 4.78 is 2.18. The Morgan fingerprint density at radius 1 is 1.10 bits per heavy atom. The van der Waals surface area contributed by atoms with Gasteiger partial charge in [0, 0.05) is 24.0 Å². The van der Waals surface area contributed by atoms with Crippen molar-refractivity contribution >= 4 is 11.0 Å². The second-order valence-electron chi connectivity index (χ2n) is 5.01. The molecular weight excluding hydrogens is 258 g/mol. The molecule has 21 heavy (non-hydrogen) atoms. The number of imidazole rings is 1. The second kappa shape index (κ2) is 5.80. The predicted octanol–water partition coefficient (Wildman–Crippen LogP) is 3.55. The second-order valence-corrected chi connectivity index (χ2v) is 5.01. The third-order valence-corrected chi connectivity index (χ3v) is 3.33. The molecule has 0 unspecified atom stereocenters. The first-order valence-corrected chi connectivity index (χ1v) is 7.18. The van der Waals surface area contributed by atoms with Gasteiger partial charge in [0.2, 0.25) is 0 Å². The van der Waals surface area contributed by atoms with Crippen LogP contribution in [0.15, 0.2) is 42.6 Å². The van der Waals surface area contributed by atoms with E-state index in [0.717, 1.165) is 41.1 Å². The van der Waals surface area contributed by atoms with Gasteiger partial charge in [0.15, 0.2) is 5.82 Å². The third-order valence-electron chi connectivity index (χ3n) is 3.33. The van der Waals surface area contributed by atoms with Crippen molar-refractivity contribution in [2.24, 2.45) is 0 Å². The number of aryl methyl sites for hydroxylation is 2. The Morgan fingerprint density at radius 2 is 1.95 bits per heavy atom. The van der Waals surface area contributed by atoms with Crippen LogP contribution in [-0.4, -0.2) is 14.5 Å². The first-order chi connectivity index (χ1) is 10.3. The molecule has 104 valence electrons. The molecule has 0 bridgehead atoms. The number of benzene rings is 1. The number of hydrogen-bond acceptors (Lipinski definition) is 2. The first-order valence-electron chi connectivity index (χ1n) is 7.18. The fourth-order valence-electron chi connectivity index (χ4n) is 2.29. The first kappa shape index (κ1) is 13.4. The lowest BCUT2D eigenvalue weighted by Gasteiger charge is -2.02. The van der Waals surface area contributed by atoms with Crippen LogP contribution >= 0.6 is 0 Å². The summed E-state index contributed by atoms with van der Waals surface area (Å²) in [6.45, 7) is 5.06. The Bertz CT molecular complexity index is 817. The van der Waals surface area contributed by atoms with Gasteiger partial charge in [0.05, 0.1) is 11.0 Å². The highest BCUT2D eigenvalue weighted by Crippen LogP contribution is 2.16. The molecule has 0 aliphatic rings. The maximum absolute atomic E-state index is 4.63. The molecule has 1 aromatic carbocycles. The van der Waals surface area contributed by atoms with Gasteiger partial charge in [-0.05, 0) is 43.5 Å². The van der Waals surface area contributed by atoms with Crippen LogP contribution in [0.4, 0.5) is 0 Å². The normalized spacial score (nSPS) is 10.4. The van der Waals surface area contributed by atoms with Crippen molar-refractivity contribution in [2.75, 3.05) is 0 Å². The summed E-state index contributed by atoms with van der Waals surface area (Å²) in [7, 11) is 0. The van der Waals surface area contributed by atoms with E-state index in [-0.39, 0.29) is 0 Å². The maximum atomic E-state index is 4.63. The van der Waals surface area contributed by atoms with E-state index < -0.39 is 0 Å². The SMILES string of the molecule is CCCn1c(C#Cc2ccc(C)nc2)nc2ccccc21. The molecule has 0 atom stereocenters. The van der Waals surface area contributed by atoms with Gasteiger partial charge in [-0.3, -0.25) is 4.98 Å². The van der Waals surface area contributed by atoms with Crippen molar-refractivity contribution in [3.63, 3.8) is 0 Å². The number of rotatable bonds is 2. The van der Waals surface area contributed by atoms with Crippen LogP contribution in [0.3, 0.4) is 0 Å². The molecule has 0 aliphatic heterocycles. The number of pyridine rings is 1. The van der Waals surface area contributed by atoms with E-state index >= 15 is 0 Å². The Hall–Kier alpha value is -2.60. The average molecular weight is 275 g/mol. The topological polar surface area (TPSA) is 30.7 Å². The highest BCUT2D eigenvalue weighted by molar-refractivity contribution is 5.76. The number of nitrogens with zero attached hydrogens (tertiary/aromatic N) is 3. The molecule has 0 amide bonds. The van der Waals surface area contributed by atoms with E-state index in [1.165, 1.54) is 0 Å². The van der Waals surface area contributed by atoms with Crippen molar-refractivity contribution < 1.29 is 0 Å². The zero-order valence-corrected chi connectivity index (χ0v) is 12.3. The van der Waals surface area contributed by atoms with E-state index in [1.54, 1.807) is 6.20 Å². The number of aromatic nitrogens is 3. The molecule has 0 fully saturated rings. The van der Waals surface area contributed by atoms with Gasteiger partial charge in [0.1, 0.15) is 0 Å². The van der Waals surface area contributed by atoms with Gasteiger partial charge in [-0.25, -0.2) is 4.98 Å². The molecule has 2 heterocycles. The van der Waals surface area contributed by atoms with Crippen LogP contribution in [0.1, 0.15) is 30.4 Å². The Balaban J connectivity index is 2.04. The molecule has 3 rings (SSSR count). The van der Waals surface area contributed by atoms with Gasteiger partial charge >= 0.3 is 0 Å². The summed E-state index contributed by atoms with van der Waals surface area (Å²) in [5.74, 6) is 7.16. The maximum Gasteiger partial charge on any atom is 0.186 e. The Kier molecular flexibility index (Phi) is 3.70. The van der Waals surface area contributed by atoms with E-state index in [2.05, 4.69) is 39.4 Å². The summed E-state index contributed by atoms with van der Waals surface area (Å²) in [6.07, 6.45) is 2.86. The van der Waals surface area contributed by atoms with Crippen LogP contribution in [0.5, 0.6) is 0 Å². The van der Waals surface area contributed by atoms with Crippen LogP contribution in [0.25, 0.3) is 11.0 Å². The van der Waals surface area contributed by atoms with Gasteiger partial charge in [-0.15, -0.1) is 0 Å². The summed E-state index contributed by atoms with van der Waals surface area (Å²) >= 11 is 0. The van der Waals surface area contributed by atoms with Crippen LogP contribution in [0.2, 0.25) is 0 Å². The fourth-order valence-corrected chi connectivity index (χ4v) is 2.29. The summed E-state index contributed by atoms with van der Waals surface area (Å²) in [4.78, 5) is 8.90. The highest BCUT2D eigenvalue weighted by atomic mass is 15.1. The van der Waals surface area contributed by atoms with E-state index in [0.29, 0.717) is 0 Å². The quantitative estimate of drug-likeness (QED) is 0.670. The molecule has 0 saturated carbocycles. The standard InChI is InChI=1S/C18H17N3/c1-3-12-21-17-7-5-4-6-16(17)20-18(21)11-10-15-9-8-14(2)19-13-15/h4-9,13H,3,12H2,1-2H3. The van der Waals surface area contributed by atoms with E-state index in [9.17, 15) is 0 Å². The minimum atomic E-state index is 0.818. The smallest absolute Gasteiger partial charge is 0.186 e. The molecule has 3 heteroatoms. The van der Waals surface area contributed by atoms with Crippen molar-refractivity contribution in [2.45, 2.75) is 26.8 Å². The van der Waals surface area contributed by atoms with Crippen LogP contribution in [-0.2, 0) is 6.54 Å². The summed E-state index contributed by atoms with van der Waals surface area (Å²) in [6, 6.07) is 12.1. The van der Waals surface area contributed by atoms with Gasteiger partial charge in [0.25, 0.3) is 0 Å². The largest absolute Gasteiger partial charge is 0.317 e. The molecule has 0 radical (unpaired) electrons. The number of hydrogen-bond donors (Lipinski definition) is 0. The number of para-hydroxylation sites is 2. The average Bonchev–Trinajstić information content (AvgIpc) is 2.85. The Morgan fingerprint density at radius 3 is 2.71 bits per heavy atom. The van der Waals surface area contributed by atoms with E-state index in [4.69, 9.17) is 0 Å². The van der Waals surface area contributed by atoms with Gasteiger partial charge < -0.3 is 4.57 Å². The lowest BCUT2D eigenvalue weighted by atomic mass is 10.2. The van der Waals surface area contributed by atoms with Crippen molar-refractivity contribution in [1.29, 1.82) is 0 Å². The molecule has 3 aromatic rings. The zero-order chi connectivity index (χ0) is 14.7. The summed E-state index contributed by atoms with van der Waals surface area (Å²) in [5.41, 5.74) is 4.05. The minimum absolute atomic E-state index is 0.818. The lowest BCUT2D eigenvalue weighted by Crippen LogP contribution is -2.00. The third kappa shape index (κ3) is 2.80. The molecule has 0 N–H and O–H groups in total. The molecule has 0 aliphatic carbocycles. The lowest BCUT2D eigenvalue weighted by molar-refractivity contribution is 0.689. The van der Waals surface area contributed by atoms with Crippen LogP contribution in [0, 0.1) is 18.8 Å². The van der Waals surface area contributed by atoms with Crippen molar-refractivity contribution in [3.8, 4) is 11.8 Å². The minimum Gasteiger partial charge on any atom is -0.317 e. The van der Waals surface area contributed by atoms with Crippen molar-refractivity contribution in [3.05, 3.63) is 59.7 Å². The highest BCUT2D eigenvalue weighted by Gasteiger charge is 2.07. The monoisotopic (exact) mass is 275 g/mol. The Labute approximate surface area is 124 Å². The zero-order valence-electron chi connectivity index (χ0n) is 12.3. The fraction of sp³-hybridized carbons (Fsp3) is 0.222. The van der Waals surface area contributed by atoms with Crippen molar-refractivity contribution in [1.82, 2.24) is 14.5 Å². The molecule has 0 saturated heterocycles. The van der Waals surface area contributed by atoms with Gasteiger partial charge in [-0.1, -0.05) is 25.0 Å². The summed E-state index contributed by atoms with van der Waals surface area (Å²) in [5, 5.41) is 0. The number of fused-ring (bicyclic) bond motifs is 1. The molecule has 2 aromatic heterocycles. The molecule has 3 nitrogen and oxygen atoms in total. The van der Waals surface area contributed by atoms with E-state index in [1.807, 2.05) is 37.3 Å².